The molecule has 2 amide bonds. The lowest BCUT2D eigenvalue weighted by molar-refractivity contribution is -0.0170. The first-order chi connectivity index (χ1) is 9.89. The Bertz CT molecular complexity index is 381. The maximum atomic E-state index is 12.8. The molecule has 4 rings (SSSR count). The van der Waals surface area contributed by atoms with Crippen molar-refractivity contribution in [3.63, 3.8) is 0 Å². The van der Waals surface area contributed by atoms with E-state index in [1.54, 1.807) is 0 Å². The van der Waals surface area contributed by atoms with Crippen LogP contribution in [0.5, 0.6) is 0 Å². The van der Waals surface area contributed by atoms with Crippen LogP contribution in [0.1, 0.15) is 58.8 Å². The number of likely N-dealkylation sites (N-methyl/N-ethyl adjacent to an activating group) is 1. The van der Waals surface area contributed by atoms with Gasteiger partial charge in [-0.25, -0.2) is 4.79 Å². The Morgan fingerprint density at radius 2 is 1.71 bits per heavy atom. The lowest BCUT2D eigenvalue weighted by Crippen LogP contribution is -2.64. The van der Waals surface area contributed by atoms with Crippen molar-refractivity contribution in [2.45, 2.75) is 69.9 Å². The molecule has 4 nitrogen and oxygen atoms in total. The highest BCUT2D eigenvalue weighted by molar-refractivity contribution is 5.75. The molecule has 0 saturated heterocycles. The Balaban J connectivity index is 1.70. The minimum atomic E-state index is -0.244. The molecule has 0 radical (unpaired) electrons. The lowest BCUT2D eigenvalue weighted by atomic mass is 9.53. The molecule has 4 aliphatic carbocycles. The van der Waals surface area contributed by atoms with E-state index in [9.17, 15) is 4.79 Å². The van der Waals surface area contributed by atoms with Crippen LogP contribution in [0.15, 0.2) is 0 Å². The topological polar surface area (TPSA) is 58.4 Å². The fraction of sp³-hybridized carbons (Fsp3) is 0.941. The number of hydrogen-bond donors (Lipinski definition) is 2. The molecule has 0 spiro atoms. The summed E-state index contributed by atoms with van der Waals surface area (Å²) >= 11 is 0. The zero-order valence-corrected chi connectivity index (χ0v) is 13.8. The average molecular weight is 293 g/mol. The van der Waals surface area contributed by atoms with Crippen LogP contribution in [0.2, 0.25) is 0 Å². The van der Waals surface area contributed by atoms with E-state index >= 15 is 0 Å². The van der Waals surface area contributed by atoms with Crippen molar-refractivity contribution < 1.29 is 4.79 Å². The van der Waals surface area contributed by atoms with Crippen molar-refractivity contribution >= 4 is 6.03 Å². The molecule has 21 heavy (non-hydrogen) atoms. The molecule has 4 bridgehead atoms. The van der Waals surface area contributed by atoms with E-state index in [-0.39, 0.29) is 17.1 Å². The number of carbonyl (C=O) groups excluding carboxylic acids is 1. The number of rotatable bonds is 4. The first-order valence-electron chi connectivity index (χ1n) is 8.66. The largest absolute Gasteiger partial charge is 0.333 e. The summed E-state index contributed by atoms with van der Waals surface area (Å²) in [6.07, 6.45) is 8.69. The number of nitrogens with one attached hydrogen (secondary N) is 1. The summed E-state index contributed by atoms with van der Waals surface area (Å²) in [6, 6.07) is 0.0757. The van der Waals surface area contributed by atoms with Crippen LogP contribution in [0.25, 0.3) is 0 Å². The highest BCUT2D eigenvalue weighted by Crippen LogP contribution is 2.55. The third-order valence-electron chi connectivity index (χ3n) is 6.73. The van der Waals surface area contributed by atoms with Gasteiger partial charge in [-0.2, -0.15) is 0 Å². The van der Waals surface area contributed by atoms with Crippen molar-refractivity contribution in [2.24, 2.45) is 23.5 Å². The van der Waals surface area contributed by atoms with Gasteiger partial charge < -0.3 is 16.0 Å². The van der Waals surface area contributed by atoms with Crippen molar-refractivity contribution in [3.05, 3.63) is 0 Å². The minimum absolute atomic E-state index is 0.0757. The molecule has 0 aromatic rings. The molecular weight excluding hydrogens is 262 g/mol. The second-order valence-corrected chi connectivity index (χ2v) is 8.24. The summed E-state index contributed by atoms with van der Waals surface area (Å²) in [5.41, 5.74) is 5.74. The van der Waals surface area contributed by atoms with Crippen LogP contribution in [-0.4, -0.2) is 35.6 Å². The van der Waals surface area contributed by atoms with Crippen LogP contribution in [0, 0.1) is 17.8 Å². The van der Waals surface area contributed by atoms with Crippen LogP contribution in [-0.2, 0) is 0 Å². The van der Waals surface area contributed by atoms with Gasteiger partial charge >= 0.3 is 6.03 Å². The van der Waals surface area contributed by atoms with E-state index in [2.05, 4.69) is 19.2 Å². The van der Waals surface area contributed by atoms with Gasteiger partial charge in [0, 0.05) is 19.1 Å². The number of urea groups is 1. The summed E-state index contributed by atoms with van der Waals surface area (Å²) in [6.45, 7) is 4.68. The molecule has 0 aromatic heterocycles. The molecule has 4 aliphatic rings. The van der Waals surface area contributed by atoms with Gasteiger partial charge in [-0.15, -0.1) is 0 Å². The maximum absolute atomic E-state index is 12.8. The first-order valence-corrected chi connectivity index (χ1v) is 8.66. The molecule has 4 fully saturated rings. The van der Waals surface area contributed by atoms with E-state index in [4.69, 9.17) is 5.73 Å². The van der Waals surface area contributed by atoms with Gasteiger partial charge in [0.05, 0.1) is 5.54 Å². The predicted octanol–water partition coefficient (Wildman–Crippen LogP) is 2.72. The fourth-order valence-electron chi connectivity index (χ4n) is 5.34. The molecule has 0 heterocycles. The van der Waals surface area contributed by atoms with E-state index in [1.807, 2.05) is 11.9 Å². The van der Waals surface area contributed by atoms with Crippen LogP contribution in [0.4, 0.5) is 4.79 Å². The molecule has 1 atom stereocenters. The standard InChI is InChI=1S/C17H31N3O/c1-4-16(2,11-18)20(3)15(21)19-17-8-12-5-13(9-17)7-14(6-12)10-17/h12-14H,4-11,18H2,1-3H3,(H,19,21). The number of carbonyl (C=O) groups is 1. The van der Waals surface area contributed by atoms with Gasteiger partial charge in [0.15, 0.2) is 0 Å². The maximum Gasteiger partial charge on any atom is 0.318 e. The molecule has 120 valence electrons. The number of hydrogen-bond acceptors (Lipinski definition) is 2. The summed E-state index contributed by atoms with van der Waals surface area (Å²) < 4.78 is 0. The van der Waals surface area contributed by atoms with Gasteiger partial charge in [-0.3, -0.25) is 0 Å². The van der Waals surface area contributed by atoms with Gasteiger partial charge in [0.2, 0.25) is 0 Å². The summed E-state index contributed by atoms with van der Waals surface area (Å²) in [4.78, 5) is 14.6. The Kier molecular flexibility index (Phi) is 3.71. The second-order valence-electron chi connectivity index (χ2n) is 8.24. The Labute approximate surface area is 128 Å². The van der Waals surface area contributed by atoms with Gasteiger partial charge in [-0.1, -0.05) is 6.92 Å². The minimum Gasteiger partial charge on any atom is -0.333 e. The van der Waals surface area contributed by atoms with Crippen molar-refractivity contribution in [1.29, 1.82) is 0 Å². The summed E-state index contributed by atoms with van der Waals surface area (Å²) in [5, 5.41) is 3.43. The lowest BCUT2D eigenvalue weighted by Gasteiger charge is -2.57. The fourth-order valence-corrected chi connectivity index (χ4v) is 5.34. The van der Waals surface area contributed by atoms with E-state index < -0.39 is 0 Å². The summed E-state index contributed by atoms with van der Waals surface area (Å²) in [5.74, 6) is 2.57. The molecule has 0 aliphatic heterocycles. The van der Waals surface area contributed by atoms with E-state index in [0.29, 0.717) is 6.54 Å². The Morgan fingerprint density at radius 1 is 1.24 bits per heavy atom. The highest BCUT2D eigenvalue weighted by atomic mass is 16.2. The molecule has 3 N–H and O–H groups in total. The van der Waals surface area contributed by atoms with E-state index in [1.165, 1.54) is 38.5 Å². The average Bonchev–Trinajstić information content (AvgIpc) is 2.43. The van der Waals surface area contributed by atoms with Crippen LogP contribution >= 0.6 is 0 Å². The number of amides is 2. The molecule has 4 saturated carbocycles. The SMILES string of the molecule is CCC(C)(CN)N(C)C(=O)NC12CC3CC(CC(C3)C1)C2. The molecular formula is C17H31N3O. The number of nitrogens with zero attached hydrogens (tertiary/aromatic N) is 1. The second kappa shape index (κ2) is 5.15. The quantitative estimate of drug-likeness (QED) is 0.837. The first kappa shape index (κ1) is 15.1. The van der Waals surface area contributed by atoms with Crippen LogP contribution in [0.3, 0.4) is 0 Å². The predicted molar refractivity (Wildman–Crippen MR) is 84.9 cm³/mol. The normalized spacial score (nSPS) is 39.9. The van der Waals surface area contributed by atoms with Crippen molar-refractivity contribution in [1.82, 2.24) is 10.2 Å². The van der Waals surface area contributed by atoms with Crippen molar-refractivity contribution in [2.75, 3.05) is 13.6 Å². The van der Waals surface area contributed by atoms with Gasteiger partial charge in [0.1, 0.15) is 0 Å². The van der Waals surface area contributed by atoms with E-state index in [0.717, 1.165) is 24.2 Å². The monoisotopic (exact) mass is 293 g/mol. The third kappa shape index (κ3) is 2.56. The van der Waals surface area contributed by atoms with Gasteiger partial charge in [0.25, 0.3) is 0 Å². The molecule has 1 unspecified atom stereocenters. The van der Waals surface area contributed by atoms with Gasteiger partial charge in [-0.05, 0) is 69.6 Å². The van der Waals surface area contributed by atoms with Crippen LogP contribution < -0.4 is 11.1 Å². The zero-order chi connectivity index (χ0) is 15.3. The number of nitrogens with two attached hydrogens (primary N) is 1. The zero-order valence-electron chi connectivity index (χ0n) is 13.8. The third-order valence-corrected chi connectivity index (χ3v) is 6.73. The molecule has 4 heteroatoms. The Hall–Kier alpha value is -0.770. The smallest absolute Gasteiger partial charge is 0.318 e. The summed E-state index contributed by atoms with van der Waals surface area (Å²) in [7, 11) is 1.90. The molecule has 0 aromatic carbocycles. The Morgan fingerprint density at radius 3 is 2.10 bits per heavy atom. The highest BCUT2D eigenvalue weighted by Gasteiger charge is 2.52. The van der Waals surface area contributed by atoms with Crippen molar-refractivity contribution in [3.8, 4) is 0 Å².